The van der Waals surface area contributed by atoms with Crippen molar-refractivity contribution >= 4 is 51.0 Å². The van der Waals surface area contributed by atoms with Crippen LogP contribution in [0.2, 0.25) is 0 Å². The van der Waals surface area contributed by atoms with E-state index in [1.807, 2.05) is 26.0 Å². The summed E-state index contributed by atoms with van der Waals surface area (Å²) in [6, 6.07) is 20.5. The Morgan fingerprint density at radius 2 is 1.49 bits per heavy atom. The SMILES string of the molecule is CCCCNC(=O)c1ccc(S(=O)(=O)ON2C(=O)c3cccc4cccc(c34)C2=O)cc1.CF.Cc1cccc2c1CCN(OC=O)C2=O.[HH]. The Morgan fingerprint density at radius 3 is 2.08 bits per heavy atom. The maximum Gasteiger partial charge on any atom is 0.320 e. The lowest BCUT2D eigenvalue weighted by Gasteiger charge is -2.26. The van der Waals surface area contributed by atoms with Crippen LogP contribution in [0.5, 0.6) is 0 Å². The summed E-state index contributed by atoms with van der Waals surface area (Å²) >= 11 is 0. The normalized spacial score (nSPS) is 13.4. The number of hydrogen-bond donors (Lipinski definition) is 1. The van der Waals surface area contributed by atoms with E-state index in [1.165, 1.54) is 36.4 Å². The van der Waals surface area contributed by atoms with Crippen LogP contribution in [-0.4, -0.2) is 68.9 Å². The number of carbonyl (C=O) groups excluding carboxylic acids is 5. The van der Waals surface area contributed by atoms with Crippen LogP contribution in [0, 0.1) is 6.92 Å². The van der Waals surface area contributed by atoms with Gasteiger partial charge in [-0.25, -0.2) is 0 Å². The Morgan fingerprint density at radius 1 is 0.898 bits per heavy atom. The molecule has 0 aliphatic carbocycles. The van der Waals surface area contributed by atoms with Crippen molar-refractivity contribution in [2.45, 2.75) is 38.0 Å². The van der Waals surface area contributed by atoms with E-state index >= 15 is 0 Å². The summed E-state index contributed by atoms with van der Waals surface area (Å²) in [5, 5.41) is 5.24. The molecule has 2 heterocycles. The number of hydroxylamine groups is 4. The molecule has 0 saturated heterocycles. The average Bonchev–Trinajstić information content (AvgIpc) is 3.12. The molecule has 0 unspecified atom stereocenters. The molecule has 0 atom stereocenters. The zero-order chi connectivity index (χ0) is 35.7. The van der Waals surface area contributed by atoms with Crippen molar-refractivity contribution in [3.8, 4) is 0 Å². The Kier molecular flexibility index (Phi) is 11.9. The number of imide groups is 1. The van der Waals surface area contributed by atoms with Gasteiger partial charge in [-0.05, 0) is 78.7 Å². The van der Waals surface area contributed by atoms with E-state index < -0.39 is 21.9 Å². The van der Waals surface area contributed by atoms with Gasteiger partial charge in [0, 0.05) is 24.5 Å². The molecule has 0 saturated carbocycles. The van der Waals surface area contributed by atoms with E-state index in [9.17, 15) is 36.8 Å². The smallest absolute Gasteiger partial charge is 0.320 e. The molecular weight excluding hydrogens is 657 g/mol. The highest BCUT2D eigenvalue weighted by Crippen LogP contribution is 2.31. The van der Waals surface area contributed by atoms with Crippen molar-refractivity contribution < 1.29 is 47.3 Å². The lowest BCUT2D eigenvalue weighted by Crippen LogP contribution is -2.41. The van der Waals surface area contributed by atoms with Gasteiger partial charge in [-0.3, -0.25) is 28.4 Å². The fourth-order valence-electron chi connectivity index (χ4n) is 5.31. The fourth-order valence-corrected chi connectivity index (χ4v) is 6.19. The molecular formula is C35H36FN3O9S. The third kappa shape index (κ3) is 7.82. The maximum absolute atomic E-state index is 12.9. The second-order valence-electron chi connectivity index (χ2n) is 10.7. The number of alkyl halides is 1. The monoisotopic (exact) mass is 693 g/mol. The van der Waals surface area contributed by atoms with E-state index in [4.69, 9.17) is 4.28 Å². The molecule has 6 rings (SSSR count). The summed E-state index contributed by atoms with van der Waals surface area (Å²) in [6.07, 6.45) is 2.49. The topological polar surface area (TPSA) is 156 Å². The van der Waals surface area contributed by atoms with Crippen LogP contribution >= 0.6 is 0 Å². The minimum absolute atomic E-state index is 0. The van der Waals surface area contributed by atoms with Crippen molar-refractivity contribution in [3.05, 3.63) is 112 Å². The van der Waals surface area contributed by atoms with Gasteiger partial charge < -0.3 is 10.2 Å². The predicted octanol–water partition coefficient (Wildman–Crippen LogP) is 5.20. The van der Waals surface area contributed by atoms with E-state index in [0.29, 0.717) is 36.6 Å². The number of carbonyl (C=O) groups is 5. The standard InChI is InChI=1S/C23H20N2O6S.C11H11NO3.CH3F.H2/c1-2-3-14-24-21(26)16-10-12-17(13-11-16)32(29,30)31-25-22(27)18-8-4-6-15-7-5-9-19(20(15)18)23(25)28;1-8-3-2-4-10-9(8)5-6-12(11(10)14)15-7-13;1-2;/h4-13H,2-3,14H2,1H3,(H,24,26);2-4,7H,5-6H2,1H3;1H3;1H. The van der Waals surface area contributed by atoms with Crippen LogP contribution in [0.1, 0.15) is 73.8 Å². The number of rotatable bonds is 9. The van der Waals surface area contributed by atoms with Gasteiger partial charge in [0.1, 0.15) is 0 Å². The molecule has 0 bridgehead atoms. The molecule has 1 N–H and O–H groups in total. The van der Waals surface area contributed by atoms with Gasteiger partial charge >= 0.3 is 16.6 Å². The predicted molar refractivity (Wildman–Crippen MR) is 179 cm³/mol. The van der Waals surface area contributed by atoms with Gasteiger partial charge in [-0.2, -0.15) is 13.5 Å². The van der Waals surface area contributed by atoms with Crippen molar-refractivity contribution in [2.24, 2.45) is 0 Å². The van der Waals surface area contributed by atoms with Gasteiger partial charge in [0.2, 0.25) is 0 Å². The Bertz CT molecular complexity index is 1960. The van der Waals surface area contributed by atoms with E-state index in [0.717, 1.165) is 35.5 Å². The van der Waals surface area contributed by atoms with Gasteiger partial charge in [-0.15, -0.1) is 9.35 Å². The van der Waals surface area contributed by atoms with E-state index in [1.54, 1.807) is 30.3 Å². The number of unbranched alkanes of at least 4 members (excludes halogenated alkanes) is 1. The van der Waals surface area contributed by atoms with Gasteiger partial charge in [0.05, 0.1) is 29.7 Å². The molecule has 0 fully saturated rings. The van der Waals surface area contributed by atoms with Crippen molar-refractivity contribution in [3.63, 3.8) is 0 Å². The average molecular weight is 694 g/mol. The van der Waals surface area contributed by atoms with Crippen LogP contribution < -0.4 is 5.32 Å². The summed E-state index contributed by atoms with van der Waals surface area (Å²) in [5.74, 6) is -2.30. The summed E-state index contributed by atoms with van der Waals surface area (Å²) in [7, 11) is -4.01. The molecule has 12 nitrogen and oxygen atoms in total. The lowest BCUT2D eigenvalue weighted by molar-refractivity contribution is -0.161. The highest BCUT2D eigenvalue weighted by molar-refractivity contribution is 7.86. The number of nitrogens with zero attached hydrogens (tertiary/aromatic N) is 2. The van der Waals surface area contributed by atoms with Crippen molar-refractivity contribution in [2.75, 3.05) is 20.3 Å². The number of amides is 4. The molecule has 4 aromatic carbocycles. The Labute approximate surface area is 283 Å². The first-order valence-corrected chi connectivity index (χ1v) is 16.6. The molecule has 49 heavy (non-hydrogen) atoms. The van der Waals surface area contributed by atoms with Gasteiger partial charge in [-0.1, -0.05) is 49.7 Å². The fraction of sp³-hybridized carbons (Fsp3) is 0.229. The summed E-state index contributed by atoms with van der Waals surface area (Å²) in [4.78, 5) is 64.1. The zero-order valence-electron chi connectivity index (χ0n) is 27.0. The minimum atomic E-state index is -4.51. The summed E-state index contributed by atoms with van der Waals surface area (Å²) in [5.41, 5.74) is 3.41. The third-order valence-electron chi connectivity index (χ3n) is 7.73. The second kappa shape index (κ2) is 16.1. The number of halogens is 1. The van der Waals surface area contributed by atoms with Crippen LogP contribution in [-0.2, 0) is 30.5 Å². The molecule has 0 aromatic heterocycles. The molecule has 4 amide bonds. The molecule has 14 heteroatoms. The van der Waals surface area contributed by atoms with Crippen LogP contribution in [0.4, 0.5) is 4.39 Å². The van der Waals surface area contributed by atoms with Gasteiger partial charge in [0.25, 0.3) is 23.6 Å². The largest absolute Gasteiger partial charge is 0.352 e. The van der Waals surface area contributed by atoms with Crippen LogP contribution in [0.3, 0.4) is 0 Å². The van der Waals surface area contributed by atoms with Crippen LogP contribution in [0.25, 0.3) is 10.8 Å². The molecule has 258 valence electrons. The van der Waals surface area contributed by atoms with E-state index in [2.05, 4.69) is 10.2 Å². The number of nitrogens with one attached hydrogen (secondary N) is 1. The van der Waals surface area contributed by atoms with Crippen molar-refractivity contribution in [1.29, 1.82) is 0 Å². The Hall–Kier alpha value is -5.47. The van der Waals surface area contributed by atoms with E-state index in [-0.39, 0.29) is 46.4 Å². The quantitative estimate of drug-likeness (QED) is 0.141. The maximum atomic E-state index is 12.9. The zero-order valence-corrected chi connectivity index (χ0v) is 27.8. The number of hydrogen-bond acceptors (Lipinski definition) is 9. The Balaban J connectivity index is 0.000000315. The highest BCUT2D eigenvalue weighted by atomic mass is 32.2. The summed E-state index contributed by atoms with van der Waals surface area (Å²) in [6.45, 7) is 5.20. The van der Waals surface area contributed by atoms with Crippen molar-refractivity contribution in [1.82, 2.24) is 15.4 Å². The lowest BCUT2D eigenvalue weighted by atomic mass is 9.95. The first kappa shape index (κ1) is 36.4. The minimum Gasteiger partial charge on any atom is -0.352 e. The molecule has 0 radical (unpaired) electrons. The number of benzene rings is 4. The van der Waals surface area contributed by atoms with Gasteiger partial charge in [0.15, 0.2) is 0 Å². The first-order chi connectivity index (χ1) is 23.6. The number of aryl methyl sites for hydroxylation is 1. The van der Waals surface area contributed by atoms with Crippen LogP contribution in [0.15, 0.2) is 83.8 Å². The second-order valence-corrected chi connectivity index (χ2v) is 12.3. The summed E-state index contributed by atoms with van der Waals surface area (Å²) < 4.78 is 40.0. The molecule has 2 aliphatic heterocycles. The highest BCUT2D eigenvalue weighted by Gasteiger charge is 2.37. The molecule has 0 spiro atoms. The molecule has 2 aliphatic rings. The third-order valence-corrected chi connectivity index (χ3v) is 8.93. The molecule has 4 aromatic rings. The first-order valence-electron chi connectivity index (χ1n) is 15.2. The number of fused-ring (bicyclic) bond motifs is 1.